The van der Waals surface area contributed by atoms with Crippen molar-refractivity contribution in [2.45, 2.75) is 90.1 Å². The predicted molar refractivity (Wildman–Crippen MR) is 195 cm³/mol. The SMILES string of the molecule is COc1ccc(CN(C)c2ncnc3c2ccn3[C@@H]2C[C@H](/C=C/CCN(CCc3ccccc3)C(=O)OC(C)(C)C)[C@H]3OC(C)(C)O[C@H]32)cc1. The molecule has 266 valence electrons. The predicted octanol–water partition coefficient (Wildman–Crippen LogP) is 7.58. The summed E-state index contributed by atoms with van der Waals surface area (Å²) in [7, 11) is 3.73. The summed E-state index contributed by atoms with van der Waals surface area (Å²) in [6.07, 6.45) is 10.0. The number of fused-ring (bicyclic) bond motifs is 2. The zero-order chi connectivity index (χ0) is 35.5. The maximum Gasteiger partial charge on any atom is 0.410 e. The first kappa shape index (κ1) is 35.4. The van der Waals surface area contributed by atoms with Crippen LogP contribution in [0.4, 0.5) is 10.6 Å². The van der Waals surface area contributed by atoms with Gasteiger partial charge < -0.3 is 33.3 Å². The van der Waals surface area contributed by atoms with Gasteiger partial charge in [-0.1, -0.05) is 54.6 Å². The van der Waals surface area contributed by atoms with Crippen molar-refractivity contribution in [2.75, 3.05) is 32.1 Å². The number of hydrogen-bond acceptors (Lipinski definition) is 8. The molecule has 2 aromatic carbocycles. The molecule has 3 heterocycles. The van der Waals surface area contributed by atoms with Gasteiger partial charge in [-0.25, -0.2) is 14.8 Å². The van der Waals surface area contributed by atoms with Crippen molar-refractivity contribution >= 4 is 22.9 Å². The third-order valence-electron chi connectivity index (χ3n) is 9.38. The quantitative estimate of drug-likeness (QED) is 0.141. The molecule has 0 bridgehead atoms. The Balaban J connectivity index is 1.16. The van der Waals surface area contributed by atoms with Gasteiger partial charge in [0.25, 0.3) is 0 Å². The summed E-state index contributed by atoms with van der Waals surface area (Å²) >= 11 is 0. The third kappa shape index (κ3) is 8.30. The lowest BCUT2D eigenvalue weighted by atomic mass is 10.0. The fraction of sp³-hybridized carbons (Fsp3) is 0.475. The second-order valence-corrected chi connectivity index (χ2v) is 14.8. The smallest absolute Gasteiger partial charge is 0.410 e. The molecular weight excluding hydrogens is 630 g/mol. The highest BCUT2D eigenvalue weighted by Crippen LogP contribution is 2.48. The Morgan fingerprint density at radius 2 is 1.74 bits per heavy atom. The average Bonchev–Trinajstić information content (AvgIpc) is 3.74. The second-order valence-electron chi connectivity index (χ2n) is 14.8. The second kappa shape index (κ2) is 14.8. The zero-order valence-corrected chi connectivity index (χ0v) is 30.4. The Labute approximate surface area is 296 Å². The largest absolute Gasteiger partial charge is 0.497 e. The topological polar surface area (TPSA) is 91.2 Å². The molecule has 0 N–H and O–H groups in total. The van der Waals surface area contributed by atoms with Gasteiger partial charge in [-0.3, -0.25) is 0 Å². The van der Waals surface area contributed by atoms with E-state index in [0.717, 1.165) is 41.0 Å². The number of nitrogens with zero attached hydrogens (tertiary/aromatic N) is 5. The highest BCUT2D eigenvalue weighted by Gasteiger charge is 2.54. The Bertz CT molecular complexity index is 1760. The molecule has 1 amide bonds. The van der Waals surface area contributed by atoms with E-state index in [9.17, 15) is 4.79 Å². The van der Waals surface area contributed by atoms with E-state index in [1.165, 1.54) is 5.56 Å². The third-order valence-corrected chi connectivity index (χ3v) is 9.38. The van der Waals surface area contributed by atoms with E-state index in [-0.39, 0.29) is 30.3 Å². The maximum atomic E-state index is 13.1. The van der Waals surface area contributed by atoms with E-state index >= 15 is 0 Å². The van der Waals surface area contributed by atoms with Crippen molar-refractivity contribution in [3.05, 3.63) is 96.5 Å². The number of benzene rings is 2. The fourth-order valence-corrected chi connectivity index (χ4v) is 7.09. The van der Waals surface area contributed by atoms with Gasteiger partial charge in [-0.15, -0.1) is 0 Å². The van der Waals surface area contributed by atoms with Crippen LogP contribution in [0.15, 0.2) is 85.3 Å². The standard InChI is InChI=1S/C40H51N5O5/c1-39(2,3)50-38(46)44(23-20-28-13-9-8-10-14-28)22-12-11-15-30-25-33(35-34(30)48-40(4,5)49-35)45-24-21-32-36(41-27-42-37(32)45)43(6)26-29-16-18-31(47-7)19-17-29/h8-11,13-19,21,24,27,30,33-35H,12,20,22-23,25-26H2,1-7H3/b15-11+/t30-,33+,34+,35-/m0/s1. The number of rotatable bonds is 12. The van der Waals surface area contributed by atoms with Gasteiger partial charge in [0.15, 0.2) is 5.79 Å². The monoisotopic (exact) mass is 681 g/mol. The van der Waals surface area contributed by atoms with Crippen LogP contribution in [0.1, 0.15) is 64.6 Å². The normalized spacial score (nSPS) is 21.4. The Kier molecular flexibility index (Phi) is 10.5. The Morgan fingerprint density at radius 3 is 2.46 bits per heavy atom. The van der Waals surface area contributed by atoms with Crippen molar-refractivity contribution in [3.63, 3.8) is 0 Å². The molecule has 0 radical (unpaired) electrons. The Morgan fingerprint density at radius 1 is 1.00 bits per heavy atom. The van der Waals surface area contributed by atoms with Crippen LogP contribution < -0.4 is 9.64 Å². The van der Waals surface area contributed by atoms with Gasteiger partial charge >= 0.3 is 6.09 Å². The van der Waals surface area contributed by atoms with Crippen LogP contribution in [0.3, 0.4) is 0 Å². The Hall–Kier alpha value is -4.41. The molecular formula is C40H51N5O5. The number of methoxy groups -OCH3 is 1. The molecule has 10 heteroatoms. The molecule has 10 nitrogen and oxygen atoms in total. The summed E-state index contributed by atoms with van der Waals surface area (Å²) in [6.45, 7) is 11.5. The van der Waals surface area contributed by atoms with Crippen molar-refractivity contribution in [1.29, 1.82) is 0 Å². The summed E-state index contributed by atoms with van der Waals surface area (Å²) < 4.78 is 26.4. The molecule has 0 unspecified atom stereocenters. The first-order chi connectivity index (χ1) is 23.9. The van der Waals surface area contributed by atoms with Crippen molar-refractivity contribution < 1.29 is 23.7 Å². The van der Waals surface area contributed by atoms with Crippen LogP contribution in [-0.4, -0.2) is 76.4 Å². The molecule has 1 saturated heterocycles. The van der Waals surface area contributed by atoms with Gasteiger partial charge in [-0.05, 0) is 83.2 Å². The molecule has 2 aliphatic rings. The van der Waals surface area contributed by atoms with Gasteiger partial charge in [0.05, 0.1) is 24.6 Å². The van der Waals surface area contributed by atoms with Crippen molar-refractivity contribution in [1.82, 2.24) is 19.4 Å². The molecule has 1 aliphatic carbocycles. The van der Waals surface area contributed by atoms with Crippen LogP contribution in [-0.2, 0) is 27.2 Å². The fourth-order valence-electron chi connectivity index (χ4n) is 7.09. The van der Waals surface area contributed by atoms with Gasteiger partial charge in [0, 0.05) is 38.8 Å². The van der Waals surface area contributed by atoms with E-state index in [0.29, 0.717) is 26.1 Å². The summed E-state index contributed by atoms with van der Waals surface area (Å²) in [5.74, 6) is 1.17. The molecule has 2 aromatic heterocycles. The molecule has 50 heavy (non-hydrogen) atoms. The highest BCUT2D eigenvalue weighted by atomic mass is 16.8. The molecule has 6 rings (SSSR count). The summed E-state index contributed by atoms with van der Waals surface area (Å²) in [5, 5.41) is 0.995. The number of carbonyl (C=O) groups is 1. The van der Waals surface area contributed by atoms with E-state index < -0.39 is 11.4 Å². The lowest BCUT2D eigenvalue weighted by Gasteiger charge is -2.27. The average molecular weight is 682 g/mol. The molecule has 4 atom stereocenters. The molecule has 1 aliphatic heterocycles. The van der Waals surface area contributed by atoms with Crippen LogP contribution in [0, 0.1) is 5.92 Å². The lowest BCUT2D eigenvalue weighted by molar-refractivity contribution is -0.158. The van der Waals surface area contributed by atoms with Gasteiger partial charge in [-0.2, -0.15) is 0 Å². The van der Waals surface area contributed by atoms with Crippen LogP contribution in [0.25, 0.3) is 11.0 Å². The van der Waals surface area contributed by atoms with Crippen molar-refractivity contribution in [2.24, 2.45) is 5.92 Å². The first-order valence-electron chi connectivity index (χ1n) is 17.6. The van der Waals surface area contributed by atoms with Crippen LogP contribution in [0.2, 0.25) is 0 Å². The number of hydrogen-bond donors (Lipinski definition) is 0. The minimum atomic E-state index is -0.688. The number of anilines is 1. The van der Waals surface area contributed by atoms with E-state index in [1.807, 2.05) is 69.9 Å². The zero-order valence-electron chi connectivity index (χ0n) is 30.4. The number of aromatic nitrogens is 3. The van der Waals surface area contributed by atoms with Gasteiger partial charge in [0.2, 0.25) is 0 Å². The summed E-state index contributed by atoms with van der Waals surface area (Å²) in [6, 6.07) is 20.5. The molecule has 2 fully saturated rings. The first-order valence-corrected chi connectivity index (χ1v) is 17.6. The van der Waals surface area contributed by atoms with Crippen molar-refractivity contribution in [3.8, 4) is 5.75 Å². The number of ether oxygens (including phenoxy) is 4. The summed E-state index contributed by atoms with van der Waals surface area (Å²) in [4.78, 5) is 26.5. The van der Waals surface area contributed by atoms with E-state index in [2.05, 4.69) is 70.2 Å². The van der Waals surface area contributed by atoms with Gasteiger partial charge in [0.1, 0.15) is 35.2 Å². The minimum Gasteiger partial charge on any atom is -0.497 e. The van der Waals surface area contributed by atoms with E-state index in [1.54, 1.807) is 13.4 Å². The number of amides is 1. The molecule has 0 spiro atoms. The van der Waals surface area contributed by atoms with E-state index in [4.69, 9.17) is 23.9 Å². The number of carbonyl (C=O) groups excluding carboxylic acids is 1. The minimum absolute atomic E-state index is 0.0349. The molecule has 4 aromatic rings. The molecule has 1 saturated carbocycles. The maximum absolute atomic E-state index is 13.1. The van der Waals surface area contributed by atoms with Crippen LogP contribution in [0.5, 0.6) is 5.75 Å². The highest BCUT2D eigenvalue weighted by molar-refractivity contribution is 5.88. The summed E-state index contributed by atoms with van der Waals surface area (Å²) in [5.41, 5.74) is 2.68. The lowest BCUT2D eigenvalue weighted by Crippen LogP contribution is -2.38. The van der Waals surface area contributed by atoms with Crippen LogP contribution >= 0.6 is 0 Å².